The lowest BCUT2D eigenvalue weighted by Gasteiger charge is -2.11. The highest BCUT2D eigenvalue weighted by Crippen LogP contribution is 2.34. The molecule has 1 aliphatic rings. The van der Waals surface area contributed by atoms with Crippen LogP contribution in [0.4, 0.5) is 0 Å². The van der Waals surface area contributed by atoms with Crippen molar-refractivity contribution < 1.29 is 4.74 Å². The Bertz CT molecular complexity index is 695. The normalized spacial score (nSPS) is 14.3. The third-order valence-corrected chi connectivity index (χ3v) is 3.62. The van der Waals surface area contributed by atoms with E-state index in [1.807, 2.05) is 0 Å². The van der Waals surface area contributed by atoms with E-state index in [1.54, 1.807) is 35.2 Å². The van der Waals surface area contributed by atoms with Gasteiger partial charge in [0.25, 0.3) is 5.88 Å². The minimum Gasteiger partial charge on any atom is -0.434 e. The van der Waals surface area contributed by atoms with E-state index >= 15 is 0 Å². The van der Waals surface area contributed by atoms with Crippen molar-refractivity contribution in [2.75, 3.05) is 0 Å². The Morgan fingerprint density at radius 3 is 2.95 bits per heavy atom. The molecule has 104 valence electrons. The van der Waals surface area contributed by atoms with Gasteiger partial charge in [0.1, 0.15) is 5.75 Å². The molecule has 6 heteroatoms. The molecule has 5 nitrogen and oxygen atoms in total. The van der Waals surface area contributed by atoms with Crippen LogP contribution in [-0.2, 0) is 6.54 Å². The topological polar surface area (TPSA) is 70.1 Å². The van der Waals surface area contributed by atoms with Crippen LogP contribution in [0.1, 0.15) is 24.4 Å². The Balaban J connectivity index is 1.98. The van der Waals surface area contributed by atoms with Crippen LogP contribution in [0.2, 0.25) is 5.02 Å². The monoisotopic (exact) mass is 291 g/mol. The Hall–Kier alpha value is -1.85. The average Bonchev–Trinajstić information content (AvgIpc) is 3.26. The third-order valence-electron chi connectivity index (χ3n) is 3.26. The van der Waals surface area contributed by atoms with Crippen LogP contribution in [0.3, 0.4) is 0 Å². The van der Waals surface area contributed by atoms with Gasteiger partial charge in [-0.2, -0.15) is 0 Å². The Labute approximate surface area is 121 Å². The number of aromatic nitrogens is 2. The van der Waals surface area contributed by atoms with Crippen LogP contribution >= 0.6 is 11.6 Å². The first-order valence-corrected chi connectivity index (χ1v) is 6.81. The van der Waals surface area contributed by atoms with Gasteiger partial charge in [-0.15, -0.1) is 0 Å². The summed E-state index contributed by atoms with van der Waals surface area (Å²) in [7, 11) is 0. The number of ether oxygens (including phenoxy) is 1. The maximum absolute atomic E-state index is 12.3. The molecule has 2 aromatic rings. The lowest BCUT2D eigenvalue weighted by Crippen LogP contribution is -2.20. The number of nitrogens with two attached hydrogens (primary N) is 1. The minimum absolute atomic E-state index is 0.0522. The predicted octanol–water partition coefficient (Wildman–Crippen LogP) is 2.48. The molecule has 1 fully saturated rings. The van der Waals surface area contributed by atoms with Gasteiger partial charge in [-0.1, -0.05) is 17.7 Å². The standard InChI is InChI=1S/C14H14ClN3O2/c15-11-2-1-3-12(10(11)8-16)20-13-14(19)18(7-6-17-13)9-4-5-9/h1-3,6-7,9H,4-5,8,16H2. The summed E-state index contributed by atoms with van der Waals surface area (Å²) < 4.78 is 7.28. The number of hydrogen-bond acceptors (Lipinski definition) is 4. The van der Waals surface area contributed by atoms with Crippen LogP contribution in [0.25, 0.3) is 0 Å². The van der Waals surface area contributed by atoms with E-state index in [2.05, 4.69) is 4.98 Å². The number of hydrogen-bond donors (Lipinski definition) is 1. The van der Waals surface area contributed by atoms with Crippen molar-refractivity contribution in [3.8, 4) is 11.6 Å². The SMILES string of the molecule is NCc1c(Cl)cccc1Oc1nccn(C2CC2)c1=O. The summed E-state index contributed by atoms with van der Waals surface area (Å²) >= 11 is 6.06. The first-order chi connectivity index (χ1) is 9.70. The Morgan fingerprint density at radius 1 is 1.45 bits per heavy atom. The van der Waals surface area contributed by atoms with Gasteiger partial charge in [0.15, 0.2) is 0 Å². The van der Waals surface area contributed by atoms with Crippen LogP contribution in [0.15, 0.2) is 35.4 Å². The predicted molar refractivity (Wildman–Crippen MR) is 76.2 cm³/mol. The second-order valence-electron chi connectivity index (χ2n) is 4.70. The smallest absolute Gasteiger partial charge is 0.313 e. The first kappa shape index (κ1) is 13.1. The van der Waals surface area contributed by atoms with E-state index in [1.165, 1.54) is 0 Å². The van der Waals surface area contributed by atoms with Crippen LogP contribution < -0.4 is 16.0 Å². The molecule has 1 aromatic heterocycles. The van der Waals surface area contributed by atoms with Gasteiger partial charge >= 0.3 is 5.56 Å². The minimum atomic E-state index is -0.224. The molecule has 1 aromatic carbocycles. The molecule has 3 rings (SSSR count). The summed E-state index contributed by atoms with van der Waals surface area (Å²) in [6.07, 6.45) is 5.31. The zero-order valence-electron chi connectivity index (χ0n) is 10.8. The van der Waals surface area contributed by atoms with Crippen molar-refractivity contribution in [1.29, 1.82) is 0 Å². The highest BCUT2D eigenvalue weighted by atomic mass is 35.5. The van der Waals surface area contributed by atoms with E-state index in [-0.39, 0.29) is 24.0 Å². The van der Waals surface area contributed by atoms with Gasteiger partial charge < -0.3 is 15.0 Å². The summed E-state index contributed by atoms with van der Waals surface area (Å²) in [5.41, 5.74) is 6.10. The molecular weight excluding hydrogens is 278 g/mol. The maximum Gasteiger partial charge on any atom is 0.313 e. The second kappa shape index (κ2) is 5.26. The van der Waals surface area contributed by atoms with E-state index in [0.717, 1.165) is 12.8 Å². The molecule has 2 N–H and O–H groups in total. The fraction of sp³-hybridized carbons (Fsp3) is 0.286. The summed E-state index contributed by atoms with van der Waals surface area (Å²) in [6.45, 7) is 0.235. The Kier molecular flexibility index (Phi) is 3.46. The highest BCUT2D eigenvalue weighted by molar-refractivity contribution is 6.31. The van der Waals surface area contributed by atoms with Crippen molar-refractivity contribution in [3.63, 3.8) is 0 Å². The zero-order chi connectivity index (χ0) is 14.1. The molecule has 0 atom stereocenters. The lowest BCUT2D eigenvalue weighted by molar-refractivity contribution is 0.440. The largest absolute Gasteiger partial charge is 0.434 e. The molecule has 1 heterocycles. The quantitative estimate of drug-likeness (QED) is 0.939. The van der Waals surface area contributed by atoms with Crippen LogP contribution in [-0.4, -0.2) is 9.55 Å². The number of nitrogens with zero attached hydrogens (tertiary/aromatic N) is 2. The lowest BCUT2D eigenvalue weighted by atomic mass is 10.2. The molecule has 1 aliphatic carbocycles. The zero-order valence-corrected chi connectivity index (χ0v) is 11.5. The van der Waals surface area contributed by atoms with Crippen molar-refractivity contribution in [2.45, 2.75) is 25.4 Å². The van der Waals surface area contributed by atoms with Crippen molar-refractivity contribution in [1.82, 2.24) is 9.55 Å². The van der Waals surface area contributed by atoms with Crippen LogP contribution in [0, 0.1) is 0 Å². The van der Waals surface area contributed by atoms with Gasteiger partial charge in [-0.05, 0) is 25.0 Å². The van der Waals surface area contributed by atoms with Crippen molar-refractivity contribution >= 4 is 11.6 Å². The van der Waals surface area contributed by atoms with Crippen LogP contribution in [0.5, 0.6) is 11.6 Å². The van der Waals surface area contributed by atoms with Gasteiger partial charge in [-0.25, -0.2) is 4.98 Å². The van der Waals surface area contributed by atoms with Gasteiger partial charge in [-0.3, -0.25) is 4.79 Å². The van der Waals surface area contributed by atoms with E-state index in [0.29, 0.717) is 16.3 Å². The molecule has 0 bridgehead atoms. The number of halogens is 1. The van der Waals surface area contributed by atoms with E-state index in [9.17, 15) is 4.79 Å². The molecule has 20 heavy (non-hydrogen) atoms. The first-order valence-electron chi connectivity index (χ1n) is 6.43. The molecule has 0 aliphatic heterocycles. The molecule has 0 spiro atoms. The number of rotatable bonds is 4. The fourth-order valence-electron chi connectivity index (χ4n) is 2.05. The van der Waals surface area contributed by atoms with Crippen molar-refractivity contribution in [2.24, 2.45) is 5.73 Å². The fourth-order valence-corrected chi connectivity index (χ4v) is 2.30. The molecular formula is C14H14ClN3O2. The third kappa shape index (κ3) is 2.42. The van der Waals surface area contributed by atoms with Gasteiger partial charge in [0, 0.05) is 35.6 Å². The maximum atomic E-state index is 12.3. The molecule has 0 saturated heterocycles. The molecule has 0 unspecified atom stereocenters. The second-order valence-corrected chi connectivity index (χ2v) is 5.11. The molecule has 1 saturated carbocycles. The van der Waals surface area contributed by atoms with E-state index < -0.39 is 0 Å². The summed E-state index contributed by atoms with van der Waals surface area (Å²) in [4.78, 5) is 16.3. The summed E-state index contributed by atoms with van der Waals surface area (Å²) in [6, 6.07) is 5.49. The van der Waals surface area contributed by atoms with Gasteiger partial charge in [0.2, 0.25) is 0 Å². The van der Waals surface area contributed by atoms with E-state index in [4.69, 9.17) is 22.1 Å². The summed E-state index contributed by atoms with van der Waals surface area (Å²) in [5, 5.41) is 0.517. The van der Waals surface area contributed by atoms with Crippen molar-refractivity contribution in [3.05, 3.63) is 51.5 Å². The number of benzene rings is 1. The van der Waals surface area contributed by atoms with Gasteiger partial charge in [0.05, 0.1) is 0 Å². The molecule has 0 radical (unpaired) electrons. The Morgan fingerprint density at radius 2 is 2.25 bits per heavy atom. The molecule has 0 amide bonds. The summed E-state index contributed by atoms with van der Waals surface area (Å²) in [5.74, 6) is 0.523. The average molecular weight is 292 g/mol. The highest BCUT2D eigenvalue weighted by Gasteiger charge is 2.25.